The Morgan fingerprint density at radius 2 is 1.45 bits per heavy atom. The van der Waals surface area contributed by atoms with Crippen LogP contribution in [0.2, 0.25) is 0 Å². The Bertz CT molecular complexity index is 946. The molecule has 3 N–H and O–H groups in total. The Kier molecular flexibility index (Phi) is 16.1. The molecule has 1 amide bonds. The van der Waals surface area contributed by atoms with Crippen molar-refractivity contribution >= 4 is 39.9 Å². The predicted octanol–water partition coefficient (Wildman–Crippen LogP) is -5.53. The van der Waals surface area contributed by atoms with E-state index in [2.05, 4.69) is 5.32 Å². The number of nitrogens with two attached hydrogens (primary N) is 1. The van der Waals surface area contributed by atoms with E-state index < -0.39 is 95.6 Å². The molecule has 18 heteroatoms. The Labute approximate surface area is 241 Å². The molecule has 1 rings (SSSR count). The number of carbonyl (C=O) groups is 5. The van der Waals surface area contributed by atoms with Gasteiger partial charge in [0.2, 0.25) is 5.91 Å². The molecule has 212 valence electrons. The van der Waals surface area contributed by atoms with Crippen LogP contribution in [-0.4, -0.2) is 105 Å². The number of ether oxygens (including phenoxy) is 6. The maximum Gasteiger partial charge on any atom is 1.00 e. The second kappa shape index (κ2) is 17.0. The SMILES string of the molecule is CC(=O)OC[C@H]1O[C@@H](OC[C@H](N)C(=O)NCCCS(=O)(=O)[O-])[C@H](OC(C)=O)[C@@H](OC(C)=O)[C@@H]1OC(C)=O.[Na+]. The molecule has 0 aromatic heterocycles. The molecule has 1 heterocycles. The van der Waals surface area contributed by atoms with Crippen LogP contribution in [0.15, 0.2) is 0 Å². The zero-order chi connectivity index (χ0) is 28.3. The molecule has 0 aliphatic carbocycles. The molecule has 16 nitrogen and oxygen atoms in total. The summed E-state index contributed by atoms with van der Waals surface area (Å²) in [6.45, 7) is 3.16. The Morgan fingerprint density at radius 1 is 0.921 bits per heavy atom. The molecular weight excluding hydrogens is 547 g/mol. The van der Waals surface area contributed by atoms with Crippen LogP contribution < -0.4 is 40.6 Å². The van der Waals surface area contributed by atoms with Crippen molar-refractivity contribution in [3.8, 4) is 0 Å². The number of esters is 4. The van der Waals surface area contributed by atoms with Gasteiger partial charge in [0.1, 0.15) is 18.8 Å². The summed E-state index contributed by atoms with van der Waals surface area (Å²) in [6, 6.07) is -1.32. The molecule has 38 heavy (non-hydrogen) atoms. The standard InChI is InChI=1S/C20H32N2O14S.Na/c1-10(23)31-9-15-16(33-11(2)24)17(34-12(3)25)18(35-13(4)26)20(36-15)32-8-14(21)19(27)22-6-5-7-37(28,29)30;/h14-18,20H,5-9,21H2,1-4H3,(H,22,27)(H,28,29,30);/q;+1/p-1/t14-,15+,16+,17-,18+,20+;/m0./s1. The van der Waals surface area contributed by atoms with Gasteiger partial charge in [-0.05, 0) is 6.42 Å². The first kappa shape index (κ1) is 36.1. The molecule has 1 aliphatic heterocycles. The summed E-state index contributed by atoms with van der Waals surface area (Å²) in [4.78, 5) is 58.8. The smallest absolute Gasteiger partial charge is 0.748 e. The fourth-order valence-electron chi connectivity index (χ4n) is 3.19. The van der Waals surface area contributed by atoms with Crippen LogP contribution in [0.25, 0.3) is 0 Å². The normalized spacial score (nSPS) is 23.7. The first-order valence-electron chi connectivity index (χ1n) is 11.0. The molecule has 0 aromatic carbocycles. The van der Waals surface area contributed by atoms with E-state index in [0.717, 1.165) is 27.7 Å². The van der Waals surface area contributed by atoms with Gasteiger partial charge in [-0.15, -0.1) is 0 Å². The molecule has 1 fully saturated rings. The molecule has 0 radical (unpaired) electrons. The fraction of sp³-hybridized carbons (Fsp3) is 0.750. The van der Waals surface area contributed by atoms with Gasteiger partial charge in [0, 0.05) is 40.0 Å². The van der Waals surface area contributed by atoms with E-state index in [-0.39, 0.29) is 42.5 Å². The van der Waals surface area contributed by atoms with Crippen molar-refractivity contribution in [3.63, 3.8) is 0 Å². The maximum absolute atomic E-state index is 12.2. The van der Waals surface area contributed by atoms with Gasteiger partial charge in [0.15, 0.2) is 24.6 Å². The fourth-order valence-corrected chi connectivity index (χ4v) is 3.69. The van der Waals surface area contributed by atoms with Crippen molar-refractivity contribution in [2.75, 3.05) is 25.5 Å². The van der Waals surface area contributed by atoms with Crippen molar-refractivity contribution in [3.05, 3.63) is 0 Å². The molecule has 1 saturated heterocycles. The topological polar surface area (TPSA) is 236 Å². The molecule has 0 aromatic rings. The zero-order valence-corrected chi connectivity index (χ0v) is 24.5. The maximum atomic E-state index is 12.2. The van der Waals surface area contributed by atoms with E-state index in [4.69, 9.17) is 34.2 Å². The van der Waals surface area contributed by atoms with Crippen LogP contribution >= 0.6 is 0 Å². The van der Waals surface area contributed by atoms with Crippen LogP contribution in [-0.2, 0) is 62.5 Å². The second-order valence-corrected chi connectivity index (χ2v) is 9.44. The van der Waals surface area contributed by atoms with Crippen molar-refractivity contribution in [1.82, 2.24) is 5.32 Å². The van der Waals surface area contributed by atoms with Crippen molar-refractivity contribution in [2.24, 2.45) is 5.73 Å². The van der Waals surface area contributed by atoms with E-state index in [0.29, 0.717) is 0 Å². The summed E-state index contributed by atoms with van der Waals surface area (Å²) >= 11 is 0. The summed E-state index contributed by atoms with van der Waals surface area (Å²) in [5.74, 6) is -4.60. The minimum absolute atomic E-state index is 0. The third-order valence-electron chi connectivity index (χ3n) is 4.60. The Hall–Kier alpha value is -1.86. The van der Waals surface area contributed by atoms with E-state index in [1.807, 2.05) is 0 Å². The largest absolute Gasteiger partial charge is 1.00 e. The number of rotatable bonds is 13. The van der Waals surface area contributed by atoms with Crippen LogP contribution in [0, 0.1) is 0 Å². The molecule has 6 atom stereocenters. The van der Waals surface area contributed by atoms with Crippen LogP contribution in [0.4, 0.5) is 0 Å². The average Bonchev–Trinajstić information content (AvgIpc) is 2.75. The van der Waals surface area contributed by atoms with Crippen molar-refractivity contribution < 1.29 is 94.9 Å². The quantitative estimate of drug-likeness (QED) is 0.0681. The van der Waals surface area contributed by atoms with Gasteiger partial charge in [0.05, 0.1) is 16.7 Å². The second-order valence-electron chi connectivity index (χ2n) is 7.91. The van der Waals surface area contributed by atoms with Gasteiger partial charge >= 0.3 is 53.4 Å². The monoisotopic (exact) mass is 578 g/mol. The third kappa shape index (κ3) is 13.8. The predicted molar refractivity (Wildman–Crippen MR) is 118 cm³/mol. The summed E-state index contributed by atoms with van der Waals surface area (Å²) in [7, 11) is -4.44. The van der Waals surface area contributed by atoms with Crippen molar-refractivity contribution in [2.45, 2.75) is 70.9 Å². The van der Waals surface area contributed by atoms with Gasteiger partial charge in [-0.3, -0.25) is 24.0 Å². The Balaban J connectivity index is 0.0000137. The van der Waals surface area contributed by atoms with Crippen LogP contribution in [0.3, 0.4) is 0 Å². The van der Waals surface area contributed by atoms with Gasteiger partial charge in [-0.1, -0.05) is 0 Å². The third-order valence-corrected chi connectivity index (χ3v) is 5.38. The molecule has 0 unspecified atom stereocenters. The van der Waals surface area contributed by atoms with E-state index in [1.54, 1.807) is 0 Å². The van der Waals surface area contributed by atoms with Gasteiger partial charge in [0.25, 0.3) is 0 Å². The summed E-state index contributed by atoms with van der Waals surface area (Å²) in [5.41, 5.74) is 5.79. The molecular formula is C20H31N2NaO14S. The van der Waals surface area contributed by atoms with Crippen molar-refractivity contribution in [1.29, 1.82) is 0 Å². The molecule has 0 saturated carbocycles. The summed E-state index contributed by atoms with van der Waals surface area (Å²) in [6.07, 6.45) is -7.22. The molecule has 0 bridgehead atoms. The zero-order valence-electron chi connectivity index (χ0n) is 21.7. The van der Waals surface area contributed by atoms with Gasteiger partial charge < -0.3 is 44.0 Å². The minimum Gasteiger partial charge on any atom is -0.748 e. The first-order chi connectivity index (χ1) is 17.1. The van der Waals surface area contributed by atoms with E-state index >= 15 is 0 Å². The summed E-state index contributed by atoms with van der Waals surface area (Å²) in [5, 5.41) is 2.33. The van der Waals surface area contributed by atoms with Gasteiger partial charge in [-0.25, -0.2) is 8.42 Å². The molecule has 0 spiro atoms. The average molecular weight is 579 g/mol. The summed E-state index contributed by atoms with van der Waals surface area (Å²) < 4.78 is 63.8. The number of amides is 1. The van der Waals surface area contributed by atoms with Gasteiger partial charge in [-0.2, -0.15) is 0 Å². The number of hydrogen-bond acceptors (Lipinski definition) is 15. The Morgan fingerprint density at radius 3 is 1.95 bits per heavy atom. The van der Waals surface area contributed by atoms with E-state index in [9.17, 15) is 36.9 Å². The first-order valence-corrected chi connectivity index (χ1v) is 12.6. The number of hydrogen-bond donors (Lipinski definition) is 2. The number of carbonyl (C=O) groups excluding carboxylic acids is 5. The van der Waals surface area contributed by atoms with Crippen LogP contribution in [0.1, 0.15) is 34.1 Å². The minimum atomic E-state index is -4.44. The van der Waals surface area contributed by atoms with E-state index in [1.165, 1.54) is 0 Å². The molecule has 1 aliphatic rings. The van der Waals surface area contributed by atoms with Crippen LogP contribution in [0.5, 0.6) is 0 Å². The number of nitrogens with one attached hydrogen (secondary N) is 1.